The monoisotopic (exact) mass is 462 g/mol. The van der Waals surface area contributed by atoms with Gasteiger partial charge < -0.3 is 20.7 Å². The zero-order valence-electron chi connectivity index (χ0n) is 19.9. The van der Waals surface area contributed by atoms with Crippen LogP contribution < -0.4 is 11.1 Å². The summed E-state index contributed by atoms with van der Waals surface area (Å²) in [6.07, 6.45) is 2.28. The lowest BCUT2D eigenvalue weighted by Crippen LogP contribution is -2.54. The van der Waals surface area contributed by atoms with Gasteiger partial charge in [0.25, 0.3) is 5.91 Å². The molecule has 1 aromatic carbocycles. The van der Waals surface area contributed by atoms with Crippen LogP contribution in [0.5, 0.6) is 0 Å². The van der Waals surface area contributed by atoms with Crippen LogP contribution in [0, 0.1) is 22.6 Å². The number of nitrogen functional groups attached to an aromatic ring is 1. The molecule has 8 nitrogen and oxygen atoms in total. The zero-order chi connectivity index (χ0) is 24.8. The summed E-state index contributed by atoms with van der Waals surface area (Å²) in [5.74, 6) is -1.79. The Morgan fingerprint density at radius 3 is 2.42 bits per heavy atom. The van der Waals surface area contributed by atoms with Crippen LogP contribution in [0.3, 0.4) is 0 Å². The van der Waals surface area contributed by atoms with Gasteiger partial charge in [0.15, 0.2) is 0 Å². The Hall–Kier alpha value is -2.97. The maximum atomic E-state index is 14.4. The Kier molecular flexibility index (Phi) is 8.96. The van der Waals surface area contributed by atoms with Crippen LogP contribution in [0.25, 0.3) is 0 Å². The Labute approximate surface area is 194 Å². The number of ether oxygens (including phenoxy) is 1. The number of rotatable bonds is 9. The largest absolute Gasteiger partial charge is 0.466 e. The number of esters is 1. The Balaban J connectivity index is 2.03. The molecule has 0 bridgehead atoms. The smallest absolute Gasteiger partial charge is 0.306 e. The molecular weight excluding hydrogens is 427 g/mol. The number of hydrogen-bond donors (Lipinski definition) is 3. The summed E-state index contributed by atoms with van der Waals surface area (Å²) in [6, 6.07) is 3.24. The highest BCUT2D eigenvalue weighted by Gasteiger charge is 2.40. The van der Waals surface area contributed by atoms with Gasteiger partial charge in [-0.25, -0.2) is 4.39 Å². The molecule has 0 aliphatic carbocycles. The van der Waals surface area contributed by atoms with E-state index in [4.69, 9.17) is 15.9 Å². The maximum absolute atomic E-state index is 14.4. The van der Waals surface area contributed by atoms with Crippen molar-refractivity contribution in [3.63, 3.8) is 0 Å². The average molecular weight is 463 g/mol. The van der Waals surface area contributed by atoms with Gasteiger partial charge in [0.05, 0.1) is 17.6 Å². The molecule has 0 radical (unpaired) electrons. The topological polar surface area (TPSA) is 126 Å². The molecule has 182 valence electrons. The van der Waals surface area contributed by atoms with Crippen LogP contribution in [0.4, 0.5) is 4.39 Å². The molecule has 4 N–H and O–H groups in total. The number of amides is 2. The van der Waals surface area contributed by atoms with Crippen molar-refractivity contribution in [2.45, 2.75) is 59.4 Å². The van der Waals surface area contributed by atoms with Gasteiger partial charge >= 0.3 is 5.97 Å². The third-order valence-corrected chi connectivity index (χ3v) is 6.32. The predicted molar refractivity (Wildman–Crippen MR) is 123 cm³/mol. The van der Waals surface area contributed by atoms with Gasteiger partial charge in [-0.2, -0.15) is 0 Å². The number of carbonyl (C=O) groups is 3. The fraction of sp³-hybridized carbons (Fsp3) is 0.583. The minimum absolute atomic E-state index is 0.0864. The van der Waals surface area contributed by atoms with Crippen LogP contribution in [-0.4, -0.2) is 54.3 Å². The fourth-order valence-corrected chi connectivity index (χ4v) is 4.25. The quantitative estimate of drug-likeness (QED) is 0.296. The Morgan fingerprint density at radius 2 is 1.91 bits per heavy atom. The van der Waals surface area contributed by atoms with E-state index in [2.05, 4.69) is 5.32 Å². The van der Waals surface area contributed by atoms with Gasteiger partial charge in [-0.05, 0) is 58.1 Å². The summed E-state index contributed by atoms with van der Waals surface area (Å²) >= 11 is 0. The molecule has 9 heteroatoms. The number of nitrogens with two attached hydrogens (primary N) is 1. The number of amidine groups is 1. The molecule has 2 amide bonds. The van der Waals surface area contributed by atoms with E-state index in [1.807, 2.05) is 6.92 Å². The predicted octanol–water partition coefficient (Wildman–Crippen LogP) is 2.84. The lowest BCUT2D eigenvalue weighted by molar-refractivity contribution is -0.145. The molecule has 0 aromatic heterocycles. The van der Waals surface area contributed by atoms with Crippen LogP contribution in [-0.2, 0) is 14.3 Å². The molecule has 33 heavy (non-hydrogen) atoms. The first-order chi connectivity index (χ1) is 15.5. The SMILES string of the molecule is CCOC(=O)CC1CCN(C(=O)C(C)(C)C(CC)NC(=O)c2ccc(C(=N)N)cc2F)CC1. The molecule has 1 aromatic rings. The van der Waals surface area contributed by atoms with Crippen molar-refractivity contribution >= 4 is 23.6 Å². The standard InChI is InChI=1S/C24H35FN4O4/c1-5-19(28-22(31)17-8-7-16(21(26)27)14-18(17)25)24(3,4)23(32)29-11-9-15(10-12-29)13-20(30)33-6-2/h7-8,14-15,19H,5-6,9-13H2,1-4H3,(H3,26,27)(H,28,31). The highest BCUT2D eigenvalue weighted by atomic mass is 19.1. The van der Waals surface area contributed by atoms with E-state index in [-0.39, 0.29) is 34.8 Å². The van der Waals surface area contributed by atoms with E-state index in [0.29, 0.717) is 32.5 Å². The third-order valence-electron chi connectivity index (χ3n) is 6.32. The van der Waals surface area contributed by atoms with Crippen LogP contribution in [0.1, 0.15) is 69.3 Å². The van der Waals surface area contributed by atoms with E-state index in [1.54, 1.807) is 25.7 Å². The van der Waals surface area contributed by atoms with Gasteiger partial charge in [-0.1, -0.05) is 13.0 Å². The zero-order valence-corrected chi connectivity index (χ0v) is 19.9. The van der Waals surface area contributed by atoms with Gasteiger partial charge in [0.1, 0.15) is 11.7 Å². The number of benzene rings is 1. The molecule has 1 atom stereocenters. The minimum atomic E-state index is -0.909. The molecule has 0 spiro atoms. The van der Waals surface area contributed by atoms with Crippen LogP contribution in [0.15, 0.2) is 18.2 Å². The number of piperidine rings is 1. The Bertz CT molecular complexity index is 894. The van der Waals surface area contributed by atoms with Crippen molar-refractivity contribution in [3.8, 4) is 0 Å². The molecule has 1 unspecified atom stereocenters. The number of carbonyl (C=O) groups excluding carboxylic acids is 3. The van der Waals surface area contributed by atoms with Gasteiger partial charge in [-0.3, -0.25) is 19.8 Å². The van der Waals surface area contributed by atoms with Gasteiger partial charge in [0.2, 0.25) is 5.91 Å². The van der Waals surface area contributed by atoms with Crippen molar-refractivity contribution in [1.82, 2.24) is 10.2 Å². The van der Waals surface area contributed by atoms with Crippen molar-refractivity contribution in [3.05, 3.63) is 35.1 Å². The molecule has 1 heterocycles. The summed E-state index contributed by atoms with van der Waals surface area (Å²) in [4.78, 5) is 39.6. The number of likely N-dealkylation sites (tertiary alicyclic amines) is 1. The Morgan fingerprint density at radius 1 is 1.27 bits per heavy atom. The summed E-state index contributed by atoms with van der Waals surface area (Å²) in [5.41, 5.74) is 4.49. The lowest BCUT2D eigenvalue weighted by atomic mass is 9.80. The van der Waals surface area contributed by atoms with Crippen LogP contribution >= 0.6 is 0 Å². The number of nitrogens with zero attached hydrogens (tertiary/aromatic N) is 1. The molecule has 1 aliphatic rings. The summed E-state index contributed by atoms with van der Waals surface area (Å²) in [7, 11) is 0. The summed E-state index contributed by atoms with van der Waals surface area (Å²) in [6.45, 7) is 8.64. The lowest BCUT2D eigenvalue weighted by Gasteiger charge is -2.40. The molecule has 1 aliphatic heterocycles. The average Bonchev–Trinajstić information content (AvgIpc) is 2.77. The van der Waals surface area contributed by atoms with Gasteiger partial charge in [0, 0.05) is 31.1 Å². The van der Waals surface area contributed by atoms with E-state index in [9.17, 15) is 18.8 Å². The fourth-order valence-electron chi connectivity index (χ4n) is 4.25. The highest BCUT2D eigenvalue weighted by Crippen LogP contribution is 2.30. The van der Waals surface area contributed by atoms with Crippen molar-refractivity contribution in [1.29, 1.82) is 5.41 Å². The molecule has 1 fully saturated rings. The molecular formula is C24H35FN4O4. The first kappa shape index (κ1) is 26.3. The maximum Gasteiger partial charge on any atom is 0.306 e. The minimum Gasteiger partial charge on any atom is -0.466 e. The summed E-state index contributed by atoms with van der Waals surface area (Å²) in [5, 5.41) is 10.2. The second-order valence-corrected chi connectivity index (χ2v) is 9.01. The highest BCUT2D eigenvalue weighted by molar-refractivity contribution is 5.98. The number of hydrogen-bond acceptors (Lipinski definition) is 5. The first-order valence-corrected chi connectivity index (χ1v) is 11.4. The normalized spacial score (nSPS) is 15.6. The van der Waals surface area contributed by atoms with Crippen molar-refractivity contribution in [2.24, 2.45) is 17.1 Å². The molecule has 1 saturated heterocycles. The van der Waals surface area contributed by atoms with E-state index >= 15 is 0 Å². The van der Waals surface area contributed by atoms with Crippen molar-refractivity contribution in [2.75, 3.05) is 19.7 Å². The summed E-state index contributed by atoms with van der Waals surface area (Å²) < 4.78 is 19.4. The van der Waals surface area contributed by atoms with Crippen LogP contribution in [0.2, 0.25) is 0 Å². The van der Waals surface area contributed by atoms with Crippen molar-refractivity contribution < 1.29 is 23.5 Å². The van der Waals surface area contributed by atoms with E-state index in [0.717, 1.165) is 18.9 Å². The second-order valence-electron chi connectivity index (χ2n) is 9.01. The molecule has 0 saturated carbocycles. The second kappa shape index (κ2) is 11.2. The number of halogens is 1. The first-order valence-electron chi connectivity index (χ1n) is 11.4. The van der Waals surface area contributed by atoms with E-state index < -0.39 is 23.2 Å². The van der Waals surface area contributed by atoms with E-state index in [1.165, 1.54) is 12.1 Å². The molecule has 2 rings (SSSR count). The van der Waals surface area contributed by atoms with Gasteiger partial charge in [-0.15, -0.1) is 0 Å². The number of nitrogens with one attached hydrogen (secondary N) is 2. The third kappa shape index (κ3) is 6.52.